The molecular formula is C18H23NOS. The van der Waals surface area contributed by atoms with Gasteiger partial charge in [-0.2, -0.15) is 11.3 Å². The van der Waals surface area contributed by atoms with Crippen LogP contribution >= 0.6 is 11.3 Å². The molecule has 2 aromatic rings. The number of thiophene rings is 1. The van der Waals surface area contributed by atoms with Crippen LogP contribution in [0.4, 0.5) is 0 Å². The van der Waals surface area contributed by atoms with Crippen molar-refractivity contribution in [2.75, 3.05) is 19.8 Å². The van der Waals surface area contributed by atoms with Crippen LogP contribution in [0.2, 0.25) is 0 Å². The van der Waals surface area contributed by atoms with Gasteiger partial charge in [-0.05, 0) is 47.3 Å². The minimum absolute atomic E-state index is 0.136. The molecule has 2 heterocycles. The van der Waals surface area contributed by atoms with E-state index in [1.165, 1.54) is 11.1 Å². The smallest absolute Gasteiger partial charge is 0.0475 e. The van der Waals surface area contributed by atoms with E-state index >= 15 is 0 Å². The molecule has 0 amide bonds. The van der Waals surface area contributed by atoms with Crippen molar-refractivity contribution < 1.29 is 4.74 Å². The second kappa shape index (κ2) is 6.73. The van der Waals surface area contributed by atoms with E-state index in [1.54, 1.807) is 11.3 Å². The third-order valence-electron chi connectivity index (χ3n) is 4.57. The van der Waals surface area contributed by atoms with E-state index in [1.807, 2.05) is 0 Å². The fourth-order valence-electron chi connectivity index (χ4n) is 3.53. The van der Waals surface area contributed by atoms with Crippen molar-refractivity contribution in [1.29, 1.82) is 0 Å². The Bertz CT molecular complexity index is 532. The summed E-state index contributed by atoms with van der Waals surface area (Å²) in [5.41, 5.74) is 2.98. The van der Waals surface area contributed by atoms with Gasteiger partial charge < -0.3 is 10.1 Å². The zero-order valence-corrected chi connectivity index (χ0v) is 13.4. The van der Waals surface area contributed by atoms with Crippen molar-refractivity contribution in [3.63, 3.8) is 0 Å². The second-order valence-electron chi connectivity index (χ2n) is 5.68. The number of likely N-dealkylation sites (N-methyl/N-ethyl adjacent to an activating group) is 1. The number of benzene rings is 1. The summed E-state index contributed by atoms with van der Waals surface area (Å²) in [5, 5.41) is 8.21. The lowest BCUT2D eigenvalue weighted by Crippen LogP contribution is -2.45. The normalized spacial score (nSPS) is 19.3. The van der Waals surface area contributed by atoms with Crippen LogP contribution in [0.25, 0.3) is 0 Å². The van der Waals surface area contributed by atoms with Gasteiger partial charge in [0.05, 0.1) is 0 Å². The molecule has 2 nitrogen and oxygen atoms in total. The monoisotopic (exact) mass is 301 g/mol. The third kappa shape index (κ3) is 2.91. The maximum atomic E-state index is 5.67. The average molecular weight is 301 g/mol. The van der Waals surface area contributed by atoms with Crippen LogP contribution in [0, 0.1) is 0 Å². The highest BCUT2D eigenvalue weighted by molar-refractivity contribution is 7.08. The Morgan fingerprint density at radius 1 is 1.19 bits per heavy atom. The molecule has 112 valence electrons. The van der Waals surface area contributed by atoms with Gasteiger partial charge in [-0.3, -0.25) is 0 Å². The van der Waals surface area contributed by atoms with Crippen LogP contribution in [0.15, 0.2) is 47.2 Å². The molecule has 1 aromatic carbocycles. The molecule has 0 bridgehead atoms. The summed E-state index contributed by atoms with van der Waals surface area (Å²) in [6, 6.07) is 13.6. The minimum atomic E-state index is 0.136. The first-order valence-electron chi connectivity index (χ1n) is 7.75. The average Bonchev–Trinajstić information content (AvgIpc) is 3.08. The Labute approximate surface area is 131 Å². The van der Waals surface area contributed by atoms with Crippen molar-refractivity contribution in [3.05, 3.63) is 58.3 Å². The van der Waals surface area contributed by atoms with Gasteiger partial charge in [0.25, 0.3) is 0 Å². The van der Waals surface area contributed by atoms with Crippen molar-refractivity contribution in [3.8, 4) is 0 Å². The first-order valence-corrected chi connectivity index (χ1v) is 8.70. The molecular weight excluding hydrogens is 278 g/mol. The molecule has 1 aliphatic heterocycles. The molecule has 0 saturated carbocycles. The van der Waals surface area contributed by atoms with Crippen LogP contribution in [0.5, 0.6) is 0 Å². The highest BCUT2D eigenvalue weighted by Crippen LogP contribution is 2.45. The van der Waals surface area contributed by atoms with Gasteiger partial charge in [0, 0.05) is 24.7 Å². The van der Waals surface area contributed by atoms with Gasteiger partial charge in [0.2, 0.25) is 0 Å². The van der Waals surface area contributed by atoms with Gasteiger partial charge in [0.15, 0.2) is 0 Å². The SMILES string of the molecule is CCNC(c1ccsc1)C1(c2ccccc2)CCOCC1. The van der Waals surface area contributed by atoms with Crippen molar-refractivity contribution in [2.24, 2.45) is 0 Å². The Morgan fingerprint density at radius 2 is 1.95 bits per heavy atom. The lowest BCUT2D eigenvalue weighted by Gasteiger charge is -2.44. The molecule has 0 radical (unpaired) electrons. The van der Waals surface area contributed by atoms with E-state index in [0.29, 0.717) is 6.04 Å². The molecule has 3 heteroatoms. The quantitative estimate of drug-likeness (QED) is 0.896. The Balaban J connectivity index is 2.04. The zero-order chi connectivity index (χ0) is 14.5. The molecule has 1 aliphatic rings. The van der Waals surface area contributed by atoms with Crippen molar-refractivity contribution >= 4 is 11.3 Å². The summed E-state index contributed by atoms with van der Waals surface area (Å²) in [6.45, 7) is 4.87. The summed E-state index contributed by atoms with van der Waals surface area (Å²) in [6.07, 6.45) is 2.15. The number of hydrogen-bond acceptors (Lipinski definition) is 3. The lowest BCUT2D eigenvalue weighted by atomic mass is 9.67. The van der Waals surface area contributed by atoms with Crippen LogP contribution in [-0.4, -0.2) is 19.8 Å². The molecule has 1 aromatic heterocycles. The molecule has 1 N–H and O–H groups in total. The maximum absolute atomic E-state index is 5.67. The number of nitrogens with one attached hydrogen (secondary N) is 1. The molecule has 0 aliphatic carbocycles. The van der Waals surface area contributed by atoms with E-state index < -0.39 is 0 Å². The van der Waals surface area contributed by atoms with Crippen molar-refractivity contribution in [1.82, 2.24) is 5.32 Å². The van der Waals surface area contributed by atoms with Crippen LogP contribution in [0.1, 0.15) is 36.9 Å². The highest BCUT2D eigenvalue weighted by Gasteiger charge is 2.42. The Hall–Kier alpha value is -1.16. The van der Waals surface area contributed by atoms with Crippen molar-refractivity contribution in [2.45, 2.75) is 31.2 Å². The minimum Gasteiger partial charge on any atom is -0.381 e. The third-order valence-corrected chi connectivity index (χ3v) is 5.27. The summed E-state index contributed by atoms with van der Waals surface area (Å²) < 4.78 is 5.67. The van der Waals surface area contributed by atoms with Crippen LogP contribution in [-0.2, 0) is 10.2 Å². The maximum Gasteiger partial charge on any atom is 0.0475 e. The van der Waals surface area contributed by atoms with E-state index in [0.717, 1.165) is 32.6 Å². The van der Waals surface area contributed by atoms with E-state index in [9.17, 15) is 0 Å². The second-order valence-corrected chi connectivity index (χ2v) is 6.46. The summed E-state index contributed by atoms with van der Waals surface area (Å²) in [7, 11) is 0. The predicted octanol–water partition coefficient (Wildman–Crippen LogP) is 4.15. The molecule has 1 unspecified atom stereocenters. The topological polar surface area (TPSA) is 21.3 Å². The van der Waals surface area contributed by atoms with Gasteiger partial charge in [0.1, 0.15) is 0 Å². The molecule has 1 saturated heterocycles. The summed E-state index contributed by atoms with van der Waals surface area (Å²) >= 11 is 1.78. The predicted molar refractivity (Wildman–Crippen MR) is 88.9 cm³/mol. The van der Waals surface area contributed by atoms with Crippen LogP contribution < -0.4 is 5.32 Å². The van der Waals surface area contributed by atoms with E-state index in [2.05, 4.69) is 59.4 Å². The molecule has 1 atom stereocenters. The van der Waals surface area contributed by atoms with Crippen LogP contribution in [0.3, 0.4) is 0 Å². The van der Waals surface area contributed by atoms with E-state index in [4.69, 9.17) is 4.74 Å². The molecule has 0 spiro atoms. The van der Waals surface area contributed by atoms with Gasteiger partial charge in [-0.25, -0.2) is 0 Å². The summed E-state index contributed by atoms with van der Waals surface area (Å²) in [4.78, 5) is 0. The first-order chi connectivity index (χ1) is 10.4. The number of ether oxygens (including phenoxy) is 1. The molecule has 3 rings (SSSR count). The van der Waals surface area contributed by atoms with E-state index in [-0.39, 0.29) is 5.41 Å². The van der Waals surface area contributed by atoms with Gasteiger partial charge >= 0.3 is 0 Å². The zero-order valence-electron chi connectivity index (χ0n) is 12.5. The molecule has 21 heavy (non-hydrogen) atoms. The number of hydrogen-bond donors (Lipinski definition) is 1. The fraction of sp³-hybridized carbons (Fsp3) is 0.444. The number of rotatable bonds is 5. The lowest BCUT2D eigenvalue weighted by molar-refractivity contribution is 0.0343. The van der Waals surface area contributed by atoms with Gasteiger partial charge in [-0.1, -0.05) is 37.3 Å². The molecule has 1 fully saturated rings. The highest BCUT2D eigenvalue weighted by atomic mass is 32.1. The van der Waals surface area contributed by atoms with Gasteiger partial charge in [-0.15, -0.1) is 0 Å². The Morgan fingerprint density at radius 3 is 2.57 bits per heavy atom. The summed E-state index contributed by atoms with van der Waals surface area (Å²) in [5.74, 6) is 0. The largest absolute Gasteiger partial charge is 0.381 e. The first kappa shape index (κ1) is 14.8. The Kier molecular flexibility index (Phi) is 4.73. The fourth-order valence-corrected chi connectivity index (χ4v) is 4.21. The standard InChI is InChI=1S/C18H23NOS/c1-2-19-17(15-8-13-21-14-15)18(9-11-20-12-10-18)16-6-4-3-5-7-16/h3-8,13-14,17,19H,2,9-12H2,1H3.